The lowest BCUT2D eigenvalue weighted by molar-refractivity contribution is -0.123. The second kappa shape index (κ2) is 23.3. The van der Waals surface area contributed by atoms with Gasteiger partial charge < -0.3 is 26.2 Å². The van der Waals surface area contributed by atoms with Gasteiger partial charge in [-0.25, -0.2) is 9.59 Å². The molecule has 5 N–H and O–H groups in total. The molecule has 0 fully saturated rings. The molecule has 0 aliphatic heterocycles. The molecule has 0 heterocycles. The lowest BCUT2D eigenvalue weighted by atomic mass is 10.0. The topological polar surface area (TPSA) is 128 Å². The first-order chi connectivity index (χ1) is 20.8. The predicted octanol–water partition coefficient (Wildman–Crippen LogP) is 8.21. The standard InChI is InChI=1S/C34H53N3O5S/c1-4-7-8-9-10-11-12-13-14-15-16-17-18-19-20-21-26-43-34(5-2,6-3)32(41)35-24-25-36-33(42)37-28-22-23-30(38)29(27-28)31(39)40/h7-8,10-11,13-14,22-23,27,38H,4-6,9,12,15-21,24-26H2,1-3H3,(H,35,41)(H,39,40)(H2,36,37,42)/b8-7-,11-10-,14-13-. The Labute approximate surface area is 262 Å². The minimum atomic E-state index is -1.29. The van der Waals surface area contributed by atoms with E-state index in [9.17, 15) is 19.5 Å². The number of rotatable bonds is 23. The fourth-order valence-corrected chi connectivity index (χ4v) is 5.83. The van der Waals surface area contributed by atoms with Crippen molar-refractivity contribution in [2.24, 2.45) is 0 Å². The lowest BCUT2D eigenvalue weighted by Crippen LogP contribution is -2.46. The van der Waals surface area contributed by atoms with Gasteiger partial charge in [0, 0.05) is 18.8 Å². The number of nitrogens with one attached hydrogen (secondary N) is 3. The third kappa shape index (κ3) is 16.3. The molecule has 0 saturated carbocycles. The number of allylic oxidation sites excluding steroid dienone is 6. The molecular weight excluding hydrogens is 562 g/mol. The number of hydrogen-bond acceptors (Lipinski definition) is 5. The average Bonchev–Trinajstić information content (AvgIpc) is 2.99. The highest BCUT2D eigenvalue weighted by molar-refractivity contribution is 8.01. The van der Waals surface area contributed by atoms with Gasteiger partial charge >= 0.3 is 12.0 Å². The number of hydrogen-bond donors (Lipinski definition) is 5. The quantitative estimate of drug-likeness (QED) is 0.0480. The smallest absolute Gasteiger partial charge is 0.339 e. The zero-order valence-electron chi connectivity index (χ0n) is 26.3. The molecule has 0 saturated heterocycles. The number of benzene rings is 1. The van der Waals surface area contributed by atoms with Crippen LogP contribution in [0.4, 0.5) is 10.5 Å². The molecule has 0 aliphatic carbocycles. The molecule has 1 aromatic rings. The van der Waals surface area contributed by atoms with Crippen LogP contribution in [-0.4, -0.2) is 51.7 Å². The second-order valence-electron chi connectivity index (χ2n) is 10.4. The summed E-state index contributed by atoms with van der Waals surface area (Å²) in [4.78, 5) is 36.4. The molecule has 0 radical (unpaired) electrons. The minimum Gasteiger partial charge on any atom is -0.507 e. The number of carbonyl (C=O) groups is 3. The van der Waals surface area contributed by atoms with Crippen molar-refractivity contribution in [1.82, 2.24) is 10.6 Å². The Morgan fingerprint density at radius 1 is 0.814 bits per heavy atom. The Morgan fingerprint density at radius 3 is 2.07 bits per heavy atom. The summed E-state index contributed by atoms with van der Waals surface area (Å²) in [6.07, 6.45) is 26.4. The second-order valence-corrected chi connectivity index (χ2v) is 11.9. The Bertz CT molecular complexity index is 1050. The number of unbranched alkanes of at least 4 members (excludes halogenated alkanes) is 6. The third-order valence-corrected chi connectivity index (χ3v) is 8.97. The fraction of sp³-hybridized carbons (Fsp3) is 0.559. The van der Waals surface area contributed by atoms with Crippen LogP contribution in [0.25, 0.3) is 0 Å². The van der Waals surface area contributed by atoms with Crippen LogP contribution in [0, 0.1) is 0 Å². The molecule has 9 heteroatoms. The van der Waals surface area contributed by atoms with Gasteiger partial charge in [-0.15, -0.1) is 11.8 Å². The minimum absolute atomic E-state index is 0.00813. The van der Waals surface area contributed by atoms with Crippen molar-refractivity contribution < 1.29 is 24.6 Å². The van der Waals surface area contributed by atoms with Crippen molar-refractivity contribution in [1.29, 1.82) is 0 Å². The van der Waals surface area contributed by atoms with Crippen molar-refractivity contribution in [3.8, 4) is 5.75 Å². The summed E-state index contributed by atoms with van der Waals surface area (Å²) in [6, 6.07) is 3.27. The molecule has 0 unspecified atom stereocenters. The van der Waals surface area contributed by atoms with Gasteiger partial charge in [0.05, 0.1) is 4.75 Å². The third-order valence-electron chi connectivity index (χ3n) is 7.16. The van der Waals surface area contributed by atoms with E-state index < -0.39 is 16.7 Å². The first-order valence-electron chi connectivity index (χ1n) is 15.8. The van der Waals surface area contributed by atoms with Gasteiger partial charge in [0.2, 0.25) is 5.91 Å². The Morgan fingerprint density at radius 2 is 1.42 bits per heavy atom. The highest BCUT2D eigenvalue weighted by Crippen LogP contribution is 2.34. The van der Waals surface area contributed by atoms with E-state index in [1.807, 2.05) is 13.8 Å². The summed E-state index contributed by atoms with van der Waals surface area (Å²) in [5, 5.41) is 26.8. The van der Waals surface area contributed by atoms with Crippen LogP contribution in [-0.2, 0) is 4.79 Å². The summed E-state index contributed by atoms with van der Waals surface area (Å²) < 4.78 is -0.477. The number of carboxylic acid groups (broad SMARTS) is 1. The van der Waals surface area contributed by atoms with Crippen LogP contribution in [0.15, 0.2) is 54.7 Å². The molecule has 0 spiro atoms. The maximum absolute atomic E-state index is 13.0. The molecule has 8 nitrogen and oxygen atoms in total. The van der Waals surface area contributed by atoms with Crippen molar-refractivity contribution in [3.63, 3.8) is 0 Å². The molecule has 3 amide bonds. The Kier molecular flexibility index (Phi) is 20.5. The molecular formula is C34H53N3O5S. The van der Waals surface area contributed by atoms with E-state index in [0.717, 1.165) is 50.7 Å². The maximum atomic E-state index is 13.0. The number of aromatic carboxylic acids is 1. The zero-order valence-corrected chi connectivity index (χ0v) is 27.1. The SMILES string of the molecule is CC/C=C\C/C=C\C/C=C\CCCCCCCCSC(CC)(CC)C(=O)NCCNC(=O)Nc1ccc(O)c(C(=O)O)c1. The van der Waals surface area contributed by atoms with Crippen LogP contribution in [0.3, 0.4) is 0 Å². The zero-order chi connectivity index (χ0) is 31.8. The molecule has 43 heavy (non-hydrogen) atoms. The number of urea groups is 1. The van der Waals surface area contributed by atoms with E-state index >= 15 is 0 Å². The van der Waals surface area contributed by atoms with Crippen LogP contribution in [0.5, 0.6) is 5.75 Å². The number of phenols is 1. The molecule has 240 valence electrons. The average molecular weight is 616 g/mol. The van der Waals surface area contributed by atoms with Gasteiger partial charge in [0.1, 0.15) is 11.3 Å². The largest absolute Gasteiger partial charge is 0.507 e. The van der Waals surface area contributed by atoms with E-state index in [-0.39, 0.29) is 36.0 Å². The van der Waals surface area contributed by atoms with Crippen molar-refractivity contribution in [2.45, 2.75) is 103 Å². The molecule has 0 bridgehead atoms. The predicted molar refractivity (Wildman–Crippen MR) is 180 cm³/mol. The summed E-state index contributed by atoms with van der Waals surface area (Å²) in [6.45, 7) is 6.74. The van der Waals surface area contributed by atoms with E-state index in [1.165, 1.54) is 50.3 Å². The molecule has 1 rings (SSSR count). The summed E-state index contributed by atoms with van der Waals surface area (Å²) in [7, 11) is 0. The van der Waals surface area contributed by atoms with Gasteiger partial charge in [-0.2, -0.15) is 0 Å². The summed E-state index contributed by atoms with van der Waals surface area (Å²) >= 11 is 1.74. The fourth-order valence-electron chi connectivity index (χ4n) is 4.48. The highest BCUT2D eigenvalue weighted by atomic mass is 32.2. The Balaban J connectivity index is 2.21. The number of aromatic hydroxyl groups is 1. The van der Waals surface area contributed by atoms with Crippen LogP contribution in [0.1, 0.15) is 108 Å². The van der Waals surface area contributed by atoms with Crippen LogP contribution < -0.4 is 16.0 Å². The van der Waals surface area contributed by atoms with Crippen molar-refractivity contribution in [2.75, 3.05) is 24.2 Å². The first kappa shape index (κ1) is 37.8. The number of amides is 3. The maximum Gasteiger partial charge on any atom is 0.339 e. The van der Waals surface area contributed by atoms with Gasteiger partial charge in [0.15, 0.2) is 0 Å². The van der Waals surface area contributed by atoms with Gasteiger partial charge in [-0.05, 0) is 75.3 Å². The number of carbonyl (C=O) groups excluding carboxylic acids is 2. The lowest BCUT2D eigenvalue weighted by Gasteiger charge is -2.29. The number of anilines is 1. The van der Waals surface area contributed by atoms with E-state index in [0.29, 0.717) is 0 Å². The van der Waals surface area contributed by atoms with Crippen LogP contribution in [0.2, 0.25) is 0 Å². The monoisotopic (exact) mass is 615 g/mol. The molecule has 0 atom stereocenters. The molecule has 0 aliphatic rings. The molecule has 0 aromatic heterocycles. The first-order valence-corrected chi connectivity index (χ1v) is 16.8. The van der Waals surface area contributed by atoms with Gasteiger partial charge in [-0.1, -0.05) is 82.9 Å². The van der Waals surface area contributed by atoms with Gasteiger partial charge in [-0.3, -0.25) is 4.79 Å². The number of thioether (sulfide) groups is 1. The van der Waals surface area contributed by atoms with Gasteiger partial charge in [0.25, 0.3) is 0 Å². The van der Waals surface area contributed by atoms with E-state index in [1.54, 1.807) is 11.8 Å². The number of carboxylic acids is 1. The van der Waals surface area contributed by atoms with Crippen LogP contribution >= 0.6 is 11.8 Å². The van der Waals surface area contributed by atoms with E-state index in [2.05, 4.69) is 59.3 Å². The Hall–Kier alpha value is -3.20. The van der Waals surface area contributed by atoms with E-state index in [4.69, 9.17) is 5.11 Å². The summed E-state index contributed by atoms with van der Waals surface area (Å²) in [5.74, 6) is -0.724. The van der Waals surface area contributed by atoms with Crippen molar-refractivity contribution >= 4 is 35.4 Å². The van der Waals surface area contributed by atoms with Crippen molar-refractivity contribution in [3.05, 3.63) is 60.2 Å². The highest BCUT2D eigenvalue weighted by Gasteiger charge is 2.34. The summed E-state index contributed by atoms with van der Waals surface area (Å²) in [5.41, 5.74) is -0.0568. The normalized spacial score (nSPS) is 11.9. The molecule has 1 aromatic carbocycles.